The van der Waals surface area contributed by atoms with Crippen LogP contribution in [0.5, 0.6) is 5.75 Å². The number of nitrogens with one attached hydrogen (secondary N) is 1. The predicted octanol–water partition coefficient (Wildman–Crippen LogP) is 3.96. The van der Waals surface area contributed by atoms with Crippen molar-refractivity contribution in [1.29, 1.82) is 0 Å². The molecule has 0 fully saturated rings. The zero-order chi connectivity index (χ0) is 16.7. The number of nitrogens with zero attached hydrogens (tertiary/aromatic N) is 1. The Morgan fingerprint density at radius 3 is 2.48 bits per heavy atom. The molecule has 0 amide bonds. The Labute approximate surface area is 138 Å². The quantitative estimate of drug-likeness (QED) is 0.749. The van der Waals surface area contributed by atoms with Crippen molar-refractivity contribution < 1.29 is 9.53 Å². The lowest BCUT2D eigenvalue weighted by molar-refractivity contribution is 0.0977. The second-order valence-corrected chi connectivity index (χ2v) is 5.77. The number of ether oxygens (including phenoxy) is 1. The summed E-state index contributed by atoms with van der Waals surface area (Å²) < 4.78 is 5.22. The van der Waals surface area contributed by atoms with Gasteiger partial charge in [-0.25, -0.2) is 0 Å². The first kappa shape index (κ1) is 17.0. The molecule has 122 valence electrons. The van der Waals surface area contributed by atoms with Gasteiger partial charge in [0.2, 0.25) is 0 Å². The molecule has 0 aliphatic rings. The minimum Gasteiger partial charge on any atom is -0.497 e. The Bertz CT molecular complexity index is 653. The highest BCUT2D eigenvalue weighted by Gasteiger charge is 2.07. The van der Waals surface area contributed by atoms with Gasteiger partial charge in [0, 0.05) is 29.4 Å². The number of hydrogen-bond acceptors (Lipinski definition) is 4. The third-order valence-corrected chi connectivity index (χ3v) is 3.55. The van der Waals surface area contributed by atoms with Gasteiger partial charge in [0.1, 0.15) is 5.75 Å². The van der Waals surface area contributed by atoms with Crippen molar-refractivity contribution in [2.24, 2.45) is 0 Å². The molecule has 0 radical (unpaired) electrons. The second kappa shape index (κ2) is 8.34. The van der Waals surface area contributed by atoms with Crippen LogP contribution < -0.4 is 10.1 Å². The molecule has 0 saturated heterocycles. The van der Waals surface area contributed by atoms with E-state index in [1.807, 2.05) is 62.6 Å². The highest BCUT2D eigenvalue weighted by atomic mass is 16.5. The molecule has 4 nitrogen and oxygen atoms in total. The monoisotopic (exact) mass is 312 g/mol. The van der Waals surface area contributed by atoms with Crippen molar-refractivity contribution in [2.75, 3.05) is 33.1 Å². The summed E-state index contributed by atoms with van der Waals surface area (Å²) in [6.07, 6.45) is 1.44. The van der Waals surface area contributed by atoms with Crippen molar-refractivity contribution in [1.82, 2.24) is 4.90 Å². The maximum atomic E-state index is 12.3. The summed E-state index contributed by atoms with van der Waals surface area (Å²) in [4.78, 5) is 14.4. The Morgan fingerprint density at radius 2 is 1.78 bits per heavy atom. The molecule has 0 unspecified atom stereocenters. The minimum absolute atomic E-state index is 0.182. The third kappa shape index (κ3) is 5.42. The standard InChI is InChI=1S/C19H24N2O2/c1-21(2)12-6-11-19(22)15-7-4-8-16(13-15)20-17-9-5-10-18(14-17)23-3/h4-5,7-10,13-14,20H,6,11-12H2,1-3H3. The molecule has 0 aliphatic carbocycles. The molecule has 23 heavy (non-hydrogen) atoms. The molecule has 0 aromatic heterocycles. The normalized spacial score (nSPS) is 10.6. The van der Waals surface area contributed by atoms with E-state index < -0.39 is 0 Å². The van der Waals surface area contributed by atoms with E-state index in [0.717, 1.165) is 35.7 Å². The number of carbonyl (C=O) groups is 1. The van der Waals surface area contributed by atoms with Gasteiger partial charge in [-0.2, -0.15) is 0 Å². The molecule has 0 heterocycles. The van der Waals surface area contributed by atoms with Crippen molar-refractivity contribution in [3.63, 3.8) is 0 Å². The topological polar surface area (TPSA) is 41.6 Å². The summed E-state index contributed by atoms with van der Waals surface area (Å²) in [5.41, 5.74) is 2.58. The largest absolute Gasteiger partial charge is 0.497 e. The van der Waals surface area contributed by atoms with E-state index in [1.165, 1.54) is 0 Å². The molecule has 0 spiro atoms. The van der Waals surface area contributed by atoms with Gasteiger partial charge in [0.15, 0.2) is 5.78 Å². The number of rotatable bonds is 8. The number of benzene rings is 2. The van der Waals surface area contributed by atoms with Crippen molar-refractivity contribution in [3.05, 3.63) is 54.1 Å². The van der Waals surface area contributed by atoms with E-state index >= 15 is 0 Å². The van der Waals surface area contributed by atoms with Crippen LogP contribution in [0.3, 0.4) is 0 Å². The van der Waals surface area contributed by atoms with Gasteiger partial charge < -0.3 is 15.0 Å². The molecule has 0 aliphatic heterocycles. The van der Waals surface area contributed by atoms with Gasteiger partial charge in [-0.15, -0.1) is 0 Å². The first-order valence-corrected chi connectivity index (χ1v) is 7.77. The van der Waals surface area contributed by atoms with Gasteiger partial charge in [-0.05, 0) is 51.3 Å². The first-order chi connectivity index (χ1) is 11.1. The molecule has 0 atom stereocenters. The van der Waals surface area contributed by atoms with Crippen LogP contribution in [0.1, 0.15) is 23.2 Å². The molecular formula is C19H24N2O2. The SMILES string of the molecule is COc1cccc(Nc2cccc(C(=O)CCCN(C)C)c2)c1. The van der Waals surface area contributed by atoms with E-state index in [9.17, 15) is 4.79 Å². The Morgan fingerprint density at radius 1 is 1.09 bits per heavy atom. The maximum Gasteiger partial charge on any atom is 0.162 e. The van der Waals surface area contributed by atoms with Crippen LogP contribution in [0.25, 0.3) is 0 Å². The van der Waals surface area contributed by atoms with Crippen molar-refractivity contribution in [3.8, 4) is 5.75 Å². The maximum absolute atomic E-state index is 12.3. The zero-order valence-corrected chi connectivity index (χ0v) is 14.0. The first-order valence-electron chi connectivity index (χ1n) is 7.77. The Hall–Kier alpha value is -2.33. The number of methoxy groups -OCH3 is 1. The predicted molar refractivity (Wildman–Crippen MR) is 94.8 cm³/mol. The fourth-order valence-corrected chi connectivity index (χ4v) is 2.34. The molecular weight excluding hydrogens is 288 g/mol. The van der Waals surface area contributed by atoms with E-state index in [4.69, 9.17) is 4.74 Å². The van der Waals surface area contributed by atoms with E-state index in [2.05, 4.69) is 10.2 Å². The van der Waals surface area contributed by atoms with Crippen LogP contribution >= 0.6 is 0 Å². The number of Topliss-reactive ketones (excluding diaryl/α,β-unsaturated/α-hetero) is 1. The summed E-state index contributed by atoms with van der Waals surface area (Å²) >= 11 is 0. The van der Waals surface area contributed by atoms with Crippen molar-refractivity contribution in [2.45, 2.75) is 12.8 Å². The highest BCUT2D eigenvalue weighted by molar-refractivity contribution is 5.97. The number of anilines is 2. The van der Waals surface area contributed by atoms with Gasteiger partial charge in [0.25, 0.3) is 0 Å². The fraction of sp³-hybridized carbons (Fsp3) is 0.316. The number of ketones is 1. The van der Waals surface area contributed by atoms with Crippen LogP contribution in [-0.4, -0.2) is 38.4 Å². The average molecular weight is 312 g/mol. The van der Waals surface area contributed by atoms with E-state index in [1.54, 1.807) is 7.11 Å². The number of carbonyl (C=O) groups excluding carboxylic acids is 1. The van der Waals surface area contributed by atoms with Crippen LogP contribution in [0.4, 0.5) is 11.4 Å². The Balaban J connectivity index is 2.02. The van der Waals surface area contributed by atoms with Crippen LogP contribution in [0.15, 0.2) is 48.5 Å². The van der Waals surface area contributed by atoms with Crippen LogP contribution in [0, 0.1) is 0 Å². The Kier molecular flexibility index (Phi) is 6.18. The lowest BCUT2D eigenvalue weighted by Crippen LogP contribution is -2.14. The highest BCUT2D eigenvalue weighted by Crippen LogP contribution is 2.22. The van der Waals surface area contributed by atoms with E-state index in [0.29, 0.717) is 6.42 Å². The molecule has 0 saturated carbocycles. The fourth-order valence-electron chi connectivity index (χ4n) is 2.34. The van der Waals surface area contributed by atoms with Crippen LogP contribution in [-0.2, 0) is 0 Å². The molecule has 2 aromatic carbocycles. The van der Waals surface area contributed by atoms with Gasteiger partial charge in [-0.1, -0.05) is 18.2 Å². The third-order valence-electron chi connectivity index (χ3n) is 3.55. The van der Waals surface area contributed by atoms with Crippen LogP contribution in [0.2, 0.25) is 0 Å². The van der Waals surface area contributed by atoms with Gasteiger partial charge in [-0.3, -0.25) is 4.79 Å². The lowest BCUT2D eigenvalue weighted by Gasteiger charge is -2.10. The van der Waals surface area contributed by atoms with E-state index in [-0.39, 0.29) is 5.78 Å². The molecule has 2 rings (SSSR count). The molecule has 2 aromatic rings. The average Bonchev–Trinajstić information content (AvgIpc) is 2.55. The lowest BCUT2D eigenvalue weighted by atomic mass is 10.1. The smallest absolute Gasteiger partial charge is 0.162 e. The summed E-state index contributed by atoms with van der Waals surface area (Å²) in [7, 11) is 5.68. The van der Waals surface area contributed by atoms with Crippen molar-refractivity contribution >= 4 is 17.2 Å². The summed E-state index contributed by atoms with van der Waals surface area (Å²) in [6.45, 7) is 0.924. The number of hydrogen-bond donors (Lipinski definition) is 1. The molecule has 1 N–H and O–H groups in total. The van der Waals surface area contributed by atoms with Gasteiger partial charge in [0.05, 0.1) is 7.11 Å². The summed E-state index contributed by atoms with van der Waals surface area (Å²) in [5, 5.41) is 3.31. The summed E-state index contributed by atoms with van der Waals surface area (Å²) in [5.74, 6) is 0.979. The molecule has 4 heteroatoms. The second-order valence-electron chi connectivity index (χ2n) is 5.77. The summed E-state index contributed by atoms with van der Waals surface area (Å²) in [6, 6.07) is 15.3. The minimum atomic E-state index is 0.182. The zero-order valence-electron chi connectivity index (χ0n) is 14.0. The van der Waals surface area contributed by atoms with Gasteiger partial charge >= 0.3 is 0 Å². The molecule has 0 bridgehead atoms.